The Bertz CT molecular complexity index is 1430. The molecule has 0 unspecified atom stereocenters. The van der Waals surface area contributed by atoms with Gasteiger partial charge in [0.25, 0.3) is 0 Å². The molecule has 2 aromatic rings. The first-order valence-electron chi connectivity index (χ1n) is 24.6. The van der Waals surface area contributed by atoms with Crippen molar-refractivity contribution in [3.63, 3.8) is 0 Å². The quantitative estimate of drug-likeness (QED) is 0.0426. The molecule has 2 aromatic carbocycles. The predicted molar refractivity (Wildman–Crippen MR) is 251 cm³/mol. The molecule has 0 radical (unpaired) electrons. The van der Waals surface area contributed by atoms with Crippen LogP contribution in [-0.4, -0.2) is 4.70 Å². The standard InChI is InChI=1S/C40H60N2.2C7H15.Ni/c1-9-17-19-24-38-37(23-18-10-2)39(33-25-29(14-6)35(16-8)30(15-7)26-33)42(41)40(38)34-27-31(20-11-3)36(22-13-5)32(28-34)21-12-4;2*1-3-5-7-6-4-2;/h25-28H,9-24H2,1-8H3;2*1,3-7H2,2H3;. The molecule has 0 amide bonds. The van der Waals surface area contributed by atoms with Crippen LogP contribution in [0.2, 0.25) is 10.8 Å². The van der Waals surface area contributed by atoms with Crippen LogP contribution in [0.1, 0.15) is 242 Å². The molecule has 0 atom stereocenters. The maximum atomic E-state index is 12.3. The summed E-state index contributed by atoms with van der Waals surface area (Å²) >= 11 is 2.00. The Balaban J connectivity index is 0.000000632. The fourth-order valence-electron chi connectivity index (χ4n) is 8.80. The van der Waals surface area contributed by atoms with Gasteiger partial charge in [0.1, 0.15) is 0 Å². The van der Waals surface area contributed by atoms with Crippen LogP contribution < -0.4 is 0 Å². The molecule has 1 heterocycles. The van der Waals surface area contributed by atoms with E-state index < -0.39 is 0 Å². The molecular formula is C54H90N2Ni. The Morgan fingerprint density at radius 3 is 1.19 bits per heavy atom. The summed E-state index contributed by atoms with van der Waals surface area (Å²) in [7, 11) is 0. The van der Waals surface area contributed by atoms with E-state index in [1.807, 2.05) is 14.4 Å². The van der Waals surface area contributed by atoms with Crippen molar-refractivity contribution in [2.75, 3.05) is 0 Å². The SMILES string of the molecule is CCCCCC1=C(c2cc(CCC)c(CCC)c(CCC)c2)[N+](=[N-])C(c2cc(CC)c(CC)c(CC)c2)=C1CCCC.CCCCCC[CH2][Ni][CH2]CCCCCC. The zero-order chi connectivity index (χ0) is 41.8. The van der Waals surface area contributed by atoms with Gasteiger partial charge in [-0.25, -0.2) is 4.70 Å². The molecule has 0 bridgehead atoms. The van der Waals surface area contributed by atoms with Crippen molar-refractivity contribution >= 4 is 11.4 Å². The van der Waals surface area contributed by atoms with Gasteiger partial charge in [0.2, 0.25) is 11.4 Å². The summed E-state index contributed by atoms with van der Waals surface area (Å²) in [6, 6.07) is 9.68. The van der Waals surface area contributed by atoms with Crippen molar-refractivity contribution in [1.29, 1.82) is 0 Å². The van der Waals surface area contributed by atoms with E-state index in [-0.39, 0.29) is 0 Å². The molecule has 0 spiro atoms. The van der Waals surface area contributed by atoms with Crippen LogP contribution in [0, 0.1) is 0 Å². The molecular weight excluding hydrogens is 735 g/mol. The monoisotopic (exact) mass is 825 g/mol. The van der Waals surface area contributed by atoms with Gasteiger partial charge in [-0.1, -0.05) is 93.9 Å². The van der Waals surface area contributed by atoms with Crippen molar-refractivity contribution in [1.82, 2.24) is 0 Å². The van der Waals surface area contributed by atoms with Crippen LogP contribution in [0.5, 0.6) is 0 Å². The molecule has 2 nitrogen and oxygen atoms in total. The van der Waals surface area contributed by atoms with Crippen LogP contribution in [0.15, 0.2) is 35.4 Å². The summed E-state index contributed by atoms with van der Waals surface area (Å²) in [6.07, 6.45) is 32.2. The molecule has 0 aromatic heterocycles. The van der Waals surface area contributed by atoms with E-state index in [2.05, 4.69) is 93.5 Å². The summed E-state index contributed by atoms with van der Waals surface area (Å²) < 4.78 is 1.63. The molecule has 1 aliphatic heterocycles. The fourth-order valence-corrected chi connectivity index (χ4v) is 10.0. The normalized spacial score (nSPS) is 13.0. The van der Waals surface area contributed by atoms with Gasteiger partial charge in [0.05, 0.1) is 0 Å². The summed E-state index contributed by atoms with van der Waals surface area (Å²) in [5, 5.41) is 2.84. The molecule has 0 fully saturated rings. The van der Waals surface area contributed by atoms with Crippen molar-refractivity contribution in [2.24, 2.45) is 0 Å². The Kier molecular flexibility index (Phi) is 27.8. The minimum atomic E-state index is 1.02. The number of benzene rings is 2. The summed E-state index contributed by atoms with van der Waals surface area (Å²) in [5.74, 6) is 0. The summed E-state index contributed by atoms with van der Waals surface area (Å²) in [6.45, 7) is 22.9. The summed E-state index contributed by atoms with van der Waals surface area (Å²) in [4.78, 5) is 0. The first-order valence-corrected chi connectivity index (χ1v) is 26.0. The Morgan fingerprint density at radius 1 is 0.386 bits per heavy atom. The van der Waals surface area contributed by atoms with E-state index in [1.54, 1.807) is 10.3 Å². The second kappa shape index (κ2) is 31.0. The Hall–Kier alpha value is -1.99. The predicted octanol–water partition coefficient (Wildman–Crippen LogP) is 18.0. The van der Waals surface area contributed by atoms with Crippen LogP contribution >= 0.6 is 0 Å². The molecule has 3 rings (SSSR count). The van der Waals surface area contributed by atoms with Crippen LogP contribution in [0.4, 0.5) is 0 Å². The van der Waals surface area contributed by atoms with Crippen LogP contribution in [0.25, 0.3) is 16.9 Å². The van der Waals surface area contributed by atoms with Gasteiger partial charge in [-0.2, -0.15) is 0 Å². The second-order valence-electron chi connectivity index (χ2n) is 16.7. The van der Waals surface area contributed by atoms with Gasteiger partial charge in [0, 0.05) is 22.3 Å². The third kappa shape index (κ3) is 16.5. The van der Waals surface area contributed by atoms with Gasteiger partial charge >= 0.3 is 103 Å². The molecule has 0 saturated carbocycles. The zero-order valence-electron chi connectivity index (χ0n) is 39.3. The number of rotatable bonds is 30. The average molecular weight is 826 g/mol. The van der Waals surface area contributed by atoms with E-state index in [9.17, 15) is 5.53 Å². The van der Waals surface area contributed by atoms with Gasteiger partial charge in [-0.3, -0.25) is 0 Å². The summed E-state index contributed by atoms with van der Waals surface area (Å²) in [5.41, 5.74) is 28.5. The van der Waals surface area contributed by atoms with E-state index in [1.165, 1.54) is 151 Å². The molecule has 0 saturated heterocycles. The molecule has 326 valence electrons. The number of allylic oxidation sites excluding steroid dienone is 2. The van der Waals surface area contributed by atoms with Gasteiger partial charge < -0.3 is 5.53 Å². The molecule has 3 heteroatoms. The van der Waals surface area contributed by atoms with Gasteiger partial charge in [-0.15, -0.1) is 0 Å². The third-order valence-electron chi connectivity index (χ3n) is 11.9. The van der Waals surface area contributed by atoms with Gasteiger partial charge in [0.15, 0.2) is 0 Å². The van der Waals surface area contributed by atoms with E-state index in [0.717, 1.165) is 88.4 Å². The Labute approximate surface area is 361 Å². The van der Waals surface area contributed by atoms with Crippen molar-refractivity contribution < 1.29 is 19.1 Å². The molecule has 0 N–H and O–H groups in total. The van der Waals surface area contributed by atoms with E-state index >= 15 is 0 Å². The van der Waals surface area contributed by atoms with E-state index in [0.29, 0.717) is 0 Å². The zero-order valence-corrected chi connectivity index (χ0v) is 40.3. The Morgan fingerprint density at radius 2 is 0.789 bits per heavy atom. The number of nitrogens with zero attached hydrogens (tertiary/aromatic N) is 2. The fraction of sp³-hybridized carbons (Fsp3) is 0.704. The maximum absolute atomic E-state index is 12.3. The third-order valence-corrected chi connectivity index (χ3v) is 13.3. The van der Waals surface area contributed by atoms with Crippen LogP contribution in [-0.2, 0) is 53.0 Å². The number of hydrogen-bond donors (Lipinski definition) is 0. The molecule has 0 aliphatic carbocycles. The first-order chi connectivity index (χ1) is 27.8. The number of unbranched alkanes of at least 4 members (excludes halogenated alkanes) is 11. The van der Waals surface area contributed by atoms with Crippen LogP contribution in [0.3, 0.4) is 0 Å². The molecule has 1 aliphatic rings. The van der Waals surface area contributed by atoms with Crippen molar-refractivity contribution in [3.8, 4) is 0 Å². The van der Waals surface area contributed by atoms with E-state index in [4.69, 9.17) is 0 Å². The average Bonchev–Trinajstić information content (AvgIpc) is 3.50. The van der Waals surface area contributed by atoms with Crippen molar-refractivity contribution in [3.05, 3.63) is 85.5 Å². The van der Waals surface area contributed by atoms with Crippen molar-refractivity contribution in [2.45, 2.75) is 247 Å². The minimum absolute atomic E-state index is 1.02. The molecule has 57 heavy (non-hydrogen) atoms. The number of hydrogen-bond acceptors (Lipinski definition) is 0. The second-order valence-corrected chi connectivity index (χ2v) is 18.2. The number of aryl methyl sites for hydroxylation is 4. The van der Waals surface area contributed by atoms with Gasteiger partial charge in [-0.05, 0) is 122 Å². The topological polar surface area (TPSA) is 25.3 Å². The first kappa shape index (κ1) is 51.2.